The molecule has 0 aliphatic carbocycles. The fourth-order valence-corrected chi connectivity index (χ4v) is 1.43. The van der Waals surface area contributed by atoms with Crippen molar-refractivity contribution in [3.8, 4) is 0 Å². The third-order valence-electron chi connectivity index (χ3n) is 2.11. The van der Waals surface area contributed by atoms with E-state index in [1.807, 2.05) is 6.92 Å². The van der Waals surface area contributed by atoms with Crippen LogP contribution in [0.3, 0.4) is 0 Å². The van der Waals surface area contributed by atoms with Crippen molar-refractivity contribution in [1.29, 1.82) is 0 Å². The Bertz CT molecular complexity index is 275. The molecule has 1 rings (SSSR count). The molecule has 15 heavy (non-hydrogen) atoms. The van der Waals surface area contributed by atoms with Crippen LogP contribution < -0.4 is 5.32 Å². The average molecular weight is 213 g/mol. The predicted molar refractivity (Wildman–Crippen MR) is 52.0 cm³/mol. The fourth-order valence-electron chi connectivity index (χ4n) is 1.43. The maximum absolute atomic E-state index is 11.3. The van der Waals surface area contributed by atoms with Gasteiger partial charge in [-0.25, -0.2) is 0 Å². The van der Waals surface area contributed by atoms with E-state index in [-0.39, 0.29) is 43.2 Å². The lowest BCUT2D eigenvalue weighted by Crippen LogP contribution is -2.36. The molecule has 1 aliphatic heterocycles. The minimum absolute atomic E-state index is 0.0692. The SMILES string of the molecule is CCCC(=O)CC(=O)N[C@H]1COC(=O)C1. The van der Waals surface area contributed by atoms with Crippen LogP contribution in [0.15, 0.2) is 0 Å². The first-order chi connectivity index (χ1) is 7.11. The number of hydrogen-bond acceptors (Lipinski definition) is 4. The average Bonchev–Trinajstić information content (AvgIpc) is 2.51. The number of esters is 1. The summed E-state index contributed by atoms with van der Waals surface area (Å²) in [7, 11) is 0. The van der Waals surface area contributed by atoms with Gasteiger partial charge in [0.05, 0.1) is 18.9 Å². The van der Waals surface area contributed by atoms with Gasteiger partial charge in [-0.1, -0.05) is 6.92 Å². The summed E-state index contributed by atoms with van der Waals surface area (Å²) < 4.78 is 4.68. The van der Waals surface area contributed by atoms with Gasteiger partial charge in [0.15, 0.2) is 0 Å². The quantitative estimate of drug-likeness (QED) is 0.522. The fraction of sp³-hybridized carbons (Fsp3) is 0.700. The molecule has 0 radical (unpaired) electrons. The Morgan fingerprint density at radius 2 is 2.27 bits per heavy atom. The molecule has 1 atom stereocenters. The number of nitrogens with one attached hydrogen (secondary N) is 1. The van der Waals surface area contributed by atoms with Gasteiger partial charge in [0.1, 0.15) is 12.4 Å². The van der Waals surface area contributed by atoms with Crippen molar-refractivity contribution in [3.63, 3.8) is 0 Å². The van der Waals surface area contributed by atoms with E-state index < -0.39 is 0 Å². The van der Waals surface area contributed by atoms with Gasteiger partial charge in [-0.05, 0) is 6.42 Å². The highest BCUT2D eigenvalue weighted by molar-refractivity contribution is 5.98. The number of cyclic esters (lactones) is 1. The van der Waals surface area contributed by atoms with Crippen LogP contribution in [0.2, 0.25) is 0 Å². The summed E-state index contributed by atoms with van der Waals surface area (Å²) in [5.74, 6) is -0.697. The second kappa shape index (κ2) is 5.48. The summed E-state index contributed by atoms with van der Waals surface area (Å²) >= 11 is 0. The van der Waals surface area contributed by atoms with Crippen LogP contribution in [0.1, 0.15) is 32.6 Å². The molecular weight excluding hydrogens is 198 g/mol. The summed E-state index contributed by atoms with van der Waals surface area (Å²) in [6, 6.07) is -0.264. The summed E-state index contributed by atoms with van der Waals surface area (Å²) in [6.07, 6.45) is 1.27. The summed E-state index contributed by atoms with van der Waals surface area (Å²) in [5, 5.41) is 2.59. The molecule has 5 heteroatoms. The van der Waals surface area contributed by atoms with Crippen LogP contribution in [0.5, 0.6) is 0 Å². The summed E-state index contributed by atoms with van der Waals surface area (Å²) in [5.41, 5.74) is 0. The largest absolute Gasteiger partial charge is 0.463 e. The first kappa shape index (κ1) is 11.7. The van der Waals surface area contributed by atoms with Crippen LogP contribution in [-0.2, 0) is 19.1 Å². The zero-order valence-corrected chi connectivity index (χ0v) is 8.75. The van der Waals surface area contributed by atoms with Gasteiger partial charge in [0.25, 0.3) is 0 Å². The number of Topliss-reactive ketones (excluding diaryl/α,β-unsaturated/α-hetero) is 1. The number of ketones is 1. The van der Waals surface area contributed by atoms with E-state index in [4.69, 9.17) is 0 Å². The third kappa shape index (κ3) is 4.10. The van der Waals surface area contributed by atoms with Gasteiger partial charge in [-0.15, -0.1) is 0 Å². The molecule has 1 heterocycles. The maximum Gasteiger partial charge on any atom is 0.308 e. The van der Waals surface area contributed by atoms with Gasteiger partial charge >= 0.3 is 5.97 Å². The Hall–Kier alpha value is -1.39. The van der Waals surface area contributed by atoms with Crippen LogP contribution >= 0.6 is 0 Å². The van der Waals surface area contributed by atoms with Crippen LogP contribution in [-0.4, -0.2) is 30.3 Å². The highest BCUT2D eigenvalue weighted by Crippen LogP contribution is 2.05. The number of amides is 1. The Labute approximate surface area is 88.2 Å². The topological polar surface area (TPSA) is 72.5 Å². The van der Waals surface area contributed by atoms with E-state index in [0.29, 0.717) is 6.42 Å². The monoisotopic (exact) mass is 213 g/mol. The molecule has 0 bridgehead atoms. The lowest BCUT2D eigenvalue weighted by molar-refractivity contribution is -0.138. The maximum atomic E-state index is 11.3. The minimum Gasteiger partial charge on any atom is -0.463 e. The highest BCUT2D eigenvalue weighted by Gasteiger charge is 2.25. The Kier molecular flexibility index (Phi) is 4.27. The second-order valence-electron chi connectivity index (χ2n) is 3.62. The van der Waals surface area contributed by atoms with E-state index in [1.54, 1.807) is 0 Å². The first-order valence-corrected chi connectivity index (χ1v) is 5.08. The van der Waals surface area contributed by atoms with Gasteiger partial charge in [-0.3, -0.25) is 14.4 Å². The van der Waals surface area contributed by atoms with E-state index in [1.165, 1.54) is 0 Å². The van der Waals surface area contributed by atoms with E-state index in [0.717, 1.165) is 6.42 Å². The van der Waals surface area contributed by atoms with Crippen molar-refractivity contribution in [1.82, 2.24) is 5.32 Å². The molecule has 0 aromatic rings. The normalized spacial score (nSPS) is 19.8. The first-order valence-electron chi connectivity index (χ1n) is 5.08. The van der Waals surface area contributed by atoms with Crippen LogP contribution in [0.4, 0.5) is 0 Å². The minimum atomic E-state index is -0.322. The van der Waals surface area contributed by atoms with Crippen molar-refractivity contribution < 1.29 is 19.1 Å². The van der Waals surface area contributed by atoms with Crippen LogP contribution in [0.25, 0.3) is 0 Å². The molecule has 1 amide bonds. The number of rotatable bonds is 5. The second-order valence-corrected chi connectivity index (χ2v) is 3.62. The zero-order chi connectivity index (χ0) is 11.3. The lowest BCUT2D eigenvalue weighted by atomic mass is 10.1. The Morgan fingerprint density at radius 1 is 1.53 bits per heavy atom. The van der Waals surface area contributed by atoms with Gasteiger partial charge < -0.3 is 10.1 Å². The molecule has 0 aromatic heterocycles. The van der Waals surface area contributed by atoms with Crippen molar-refractivity contribution in [3.05, 3.63) is 0 Å². The number of carbonyl (C=O) groups is 3. The molecule has 84 valence electrons. The molecule has 0 saturated carbocycles. The molecule has 1 saturated heterocycles. The molecule has 0 aromatic carbocycles. The standard InChI is InChI=1S/C10H15NO4/c1-2-3-8(12)5-9(13)11-7-4-10(14)15-6-7/h7H,2-6H2,1H3,(H,11,13)/t7-/m1/s1. The van der Waals surface area contributed by atoms with Crippen molar-refractivity contribution >= 4 is 17.7 Å². The molecule has 0 spiro atoms. The highest BCUT2D eigenvalue weighted by atomic mass is 16.5. The predicted octanol–water partition coefficient (Wildman–Crippen LogP) is 0.177. The molecule has 1 aliphatic rings. The summed E-state index contributed by atoms with van der Waals surface area (Å²) in [6.45, 7) is 2.10. The molecule has 5 nitrogen and oxygen atoms in total. The van der Waals surface area contributed by atoms with Crippen molar-refractivity contribution in [2.45, 2.75) is 38.6 Å². The number of carbonyl (C=O) groups excluding carboxylic acids is 3. The van der Waals surface area contributed by atoms with Crippen LogP contribution in [0, 0.1) is 0 Å². The molecule has 0 unspecified atom stereocenters. The van der Waals surface area contributed by atoms with Gasteiger partial charge in [0.2, 0.25) is 5.91 Å². The van der Waals surface area contributed by atoms with E-state index in [2.05, 4.69) is 10.1 Å². The van der Waals surface area contributed by atoms with Gasteiger partial charge in [0, 0.05) is 6.42 Å². The lowest BCUT2D eigenvalue weighted by Gasteiger charge is -2.08. The van der Waals surface area contributed by atoms with E-state index in [9.17, 15) is 14.4 Å². The third-order valence-corrected chi connectivity index (χ3v) is 2.11. The smallest absolute Gasteiger partial charge is 0.308 e. The zero-order valence-electron chi connectivity index (χ0n) is 8.75. The molecule has 1 N–H and O–H groups in total. The molecule has 1 fully saturated rings. The Morgan fingerprint density at radius 3 is 2.80 bits per heavy atom. The molecular formula is C10H15NO4. The number of hydrogen-bond donors (Lipinski definition) is 1. The number of ether oxygens (including phenoxy) is 1. The van der Waals surface area contributed by atoms with E-state index >= 15 is 0 Å². The van der Waals surface area contributed by atoms with Gasteiger partial charge in [-0.2, -0.15) is 0 Å². The summed E-state index contributed by atoms with van der Waals surface area (Å²) in [4.78, 5) is 33.1. The van der Waals surface area contributed by atoms with Crippen molar-refractivity contribution in [2.24, 2.45) is 0 Å². The Balaban J connectivity index is 2.24. The van der Waals surface area contributed by atoms with Crippen molar-refractivity contribution in [2.75, 3.05) is 6.61 Å².